The van der Waals surface area contributed by atoms with Gasteiger partial charge in [-0.1, -0.05) is 35.3 Å². The Morgan fingerprint density at radius 1 is 0.917 bits per heavy atom. The smallest absolute Gasteiger partial charge is 0.0749 e. The van der Waals surface area contributed by atoms with Gasteiger partial charge in [-0.2, -0.15) is 5.10 Å². The van der Waals surface area contributed by atoms with Crippen molar-refractivity contribution in [2.45, 2.75) is 13.8 Å². The molecule has 3 aromatic rings. The number of nitrogens with zero attached hydrogens (tertiary/aromatic N) is 2. The Balaban J connectivity index is 1.72. The van der Waals surface area contributed by atoms with E-state index in [4.69, 9.17) is 23.2 Å². The molecule has 1 aromatic heterocycles. The van der Waals surface area contributed by atoms with Gasteiger partial charge in [-0.25, -0.2) is 0 Å². The zero-order valence-electron chi connectivity index (χ0n) is 13.4. The minimum Gasteiger partial charge on any atom is -0.319 e. The molecule has 0 saturated heterocycles. The number of hydrogen-bond donors (Lipinski definition) is 1. The van der Waals surface area contributed by atoms with E-state index in [-0.39, 0.29) is 0 Å². The molecule has 5 heteroatoms. The Kier molecular flexibility index (Phi) is 4.93. The van der Waals surface area contributed by atoms with Crippen LogP contribution in [0.25, 0.3) is 5.69 Å². The maximum Gasteiger partial charge on any atom is 0.0749 e. The summed E-state index contributed by atoms with van der Waals surface area (Å²) in [5.74, 6) is 0. The quantitative estimate of drug-likeness (QED) is 0.460. The first-order chi connectivity index (χ1) is 11.5. The second-order valence-corrected chi connectivity index (χ2v) is 6.38. The number of hydrogen-bond acceptors (Lipinski definition) is 2. The summed E-state index contributed by atoms with van der Waals surface area (Å²) in [5, 5.41) is 5.35. The van der Waals surface area contributed by atoms with Crippen LogP contribution in [0.15, 0.2) is 59.7 Å². The van der Waals surface area contributed by atoms with Crippen molar-refractivity contribution >= 4 is 35.1 Å². The van der Waals surface area contributed by atoms with Crippen LogP contribution < -0.4 is 5.43 Å². The highest BCUT2D eigenvalue weighted by Crippen LogP contribution is 2.25. The second-order valence-electron chi connectivity index (χ2n) is 5.54. The molecule has 0 amide bonds. The van der Waals surface area contributed by atoms with Crippen LogP contribution in [0, 0.1) is 13.8 Å². The van der Waals surface area contributed by atoms with Crippen LogP contribution in [0.1, 0.15) is 17.0 Å². The third kappa shape index (κ3) is 3.64. The highest BCUT2D eigenvalue weighted by Gasteiger charge is 2.03. The first-order valence-corrected chi connectivity index (χ1v) is 8.30. The third-order valence-corrected chi connectivity index (χ3v) is 4.30. The Morgan fingerprint density at radius 3 is 2.21 bits per heavy atom. The fraction of sp³-hybridized carbons (Fsp3) is 0.105. The third-order valence-electron chi connectivity index (χ3n) is 3.75. The molecule has 0 unspecified atom stereocenters. The number of nitrogens with one attached hydrogen (secondary N) is 1. The summed E-state index contributed by atoms with van der Waals surface area (Å²) in [4.78, 5) is 0. The molecular formula is C19H17Cl2N3. The van der Waals surface area contributed by atoms with Crippen LogP contribution in [0.3, 0.4) is 0 Å². The maximum absolute atomic E-state index is 6.10. The van der Waals surface area contributed by atoms with E-state index in [0.717, 1.165) is 11.3 Å². The van der Waals surface area contributed by atoms with E-state index in [2.05, 4.69) is 53.2 Å². The molecule has 2 aromatic carbocycles. The minimum absolute atomic E-state index is 0.536. The minimum atomic E-state index is 0.536. The van der Waals surface area contributed by atoms with Crippen LogP contribution in [0.4, 0.5) is 5.69 Å². The summed E-state index contributed by atoms with van der Waals surface area (Å²) in [5.41, 5.74) is 8.21. The van der Waals surface area contributed by atoms with Gasteiger partial charge in [0.25, 0.3) is 0 Å². The first kappa shape index (κ1) is 16.6. The first-order valence-electron chi connectivity index (χ1n) is 7.54. The fourth-order valence-corrected chi connectivity index (χ4v) is 2.99. The van der Waals surface area contributed by atoms with E-state index in [1.165, 1.54) is 11.4 Å². The summed E-state index contributed by atoms with van der Waals surface area (Å²) in [6.45, 7) is 4.20. The normalized spacial score (nSPS) is 11.2. The number of anilines is 1. The van der Waals surface area contributed by atoms with Gasteiger partial charge in [0.1, 0.15) is 0 Å². The van der Waals surface area contributed by atoms with Crippen LogP contribution in [-0.2, 0) is 0 Å². The van der Waals surface area contributed by atoms with Gasteiger partial charge < -0.3 is 4.57 Å². The SMILES string of the molecule is Cc1ccc(C)n1-c1ccc(/C=N/Nc2ccc(Cl)cc2Cl)cc1. The second kappa shape index (κ2) is 7.12. The molecule has 1 heterocycles. The molecular weight excluding hydrogens is 341 g/mol. The van der Waals surface area contributed by atoms with Crippen molar-refractivity contribution in [3.8, 4) is 5.69 Å². The zero-order valence-corrected chi connectivity index (χ0v) is 14.9. The lowest BCUT2D eigenvalue weighted by Crippen LogP contribution is -1.98. The van der Waals surface area contributed by atoms with Gasteiger partial charge in [-0.05, 0) is 61.9 Å². The van der Waals surface area contributed by atoms with Gasteiger partial charge in [-0.15, -0.1) is 0 Å². The van der Waals surface area contributed by atoms with Gasteiger partial charge in [0.15, 0.2) is 0 Å². The zero-order chi connectivity index (χ0) is 17.1. The Bertz CT molecular complexity index is 861. The largest absolute Gasteiger partial charge is 0.319 e. The van der Waals surface area contributed by atoms with Gasteiger partial charge >= 0.3 is 0 Å². The van der Waals surface area contributed by atoms with Gasteiger partial charge in [0.05, 0.1) is 16.9 Å². The van der Waals surface area contributed by atoms with Crippen molar-refractivity contribution in [3.05, 3.63) is 81.6 Å². The van der Waals surface area contributed by atoms with E-state index in [1.807, 2.05) is 12.1 Å². The number of aromatic nitrogens is 1. The van der Waals surface area contributed by atoms with Gasteiger partial charge in [0, 0.05) is 22.1 Å². The summed E-state index contributed by atoms with van der Waals surface area (Å²) in [7, 11) is 0. The number of rotatable bonds is 4. The number of aryl methyl sites for hydroxylation is 2. The standard InChI is InChI=1S/C19H17Cl2N3/c1-13-3-4-14(2)24(13)17-8-5-15(6-9-17)12-22-23-19-10-7-16(20)11-18(19)21/h3-12,23H,1-2H3/b22-12+. The summed E-state index contributed by atoms with van der Waals surface area (Å²) in [6.07, 6.45) is 1.75. The lowest BCUT2D eigenvalue weighted by Gasteiger charge is -2.09. The lowest BCUT2D eigenvalue weighted by molar-refractivity contribution is 0.966. The molecule has 24 heavy (non-hydrogen) atoms. The molecule has 3 rings (SSSR count). The predicted octanol–water partition coefficient (Wildman–Crippen LogP) is 5.85. The number of halogens is 2. The molecule has 0 atom stereocenters. The summed E-state index contributed by atoms with van der Waals surface area (Å²) in [6, 6.07) is 17.7. The van der Waals surface area contributed by atoms with Gasteiger partial charge in [0.2, 0.25) is 0 Å². The topological polar surface area (TPSA) is 29.3 Å². The monoisotopic (exact) mass is 357 g/mol. The van der Waals surface area contributed by atoms with E-state index < -0.39 is 0 Å². The van der Waals surface area contributed by atoms with Crippen molar-refractivity contribution in [1.29, 1.82) is 0 Å². The maximum atomic E-state index is 6.10. The average Bonchev–Trinajstić information content (AvgIpc) is 2.89. The van der Waals surface area contributed by atoms with Crippen molar-refractivity contribution in [3.63, 3.8) is 0 Å². The predicted molar refractivity (Wildman–Crippen MR) is 103 cm³/mol. The lowest BCUT2D eigenvalue weighted by atomic mass is 10.2. The van der Waals surface area contributed by atoms with E-state index in [9.17, 15) is 0 Å². The molecule has 0 aliphatic heterocycles. The summed E-state index contributed by atoms with van der Waals surface area (Å²) >= 11 is 12.0. The molecule has 0 radical (unpaired) electrons. The van der Waals surface area contributed by atoms with E-state index in [0.29, 0.717) is 15.7 Å². The molecule has 0 saturated carbocycles. The van der Waals surface area contributed by atoms with Gasteiger partial charge in [-0.3, -0.25) is 5.43 Å². The molecule has 0 spiro atoms. The van der Waals surface area contributed by atoms with Crippen molar-refractivity contribution < 1.29 is 0 Å². The Hall–Kier alpha value is -2.23. The van der Waals surface area contributed by atoms with Crippen molar-refractivity contribution in [2.75, 3.05) is 5.43 Å². The van der Waals surface area contributed by atoms with Crippen molar-refractivity contribution in [1.82, 2.24) is 4.57 Å². The van der Waals surface area contributed by atoms with E-state index >= 15 is 0 Å². The van der Waals surface area contributed by atoms with Crippen LogP contribution >= 0.6 is 23.2 Å². The van der Waals surface area contributed by atoms with Crippen LogP contribution in [0.5, 0.6) is 0 Å². The molecule has 122 valence electrons. The molecule has 0 fully saturated rings. The van der Waals surface area contributed by atoms with Crippen LogP contribution in [-0.4, -0.2) is 10.8 Å². The molecule has 0 bridgehead atoms. The highest BCUT2D eigenvalue weighted by atomic mass is 35.5. The number of hydrazone groups is 1. The molecule has 0 aliphatic rings. The van der Waals surface area contributed by atoms with E-state index in [1.54, 1.807) is 24.4 Å². The van der Waals surface area contributed by atoms with Crippen molar-refractivity contribution in [2.24, 2.45) is 5.10 Å². The Morgan fingerprint density at radius 2 is 1.58 bits per heavy atom. The van der Waals surface area contributed by atoms with Crippen LogP contribution in [0.2, 0.25) is 10.0 Å². The fourth-order valence-electron chi connectivity index (χ4n) is 2.54. The Labute approximate surface area is 151 Å². The number of benzene rings is 2. The molecule has 0 aliphatic carbocycles. The molecule has 1 N–H and O–H groups in total. The highest BCUT2D eigenvalue weighted by molar-refractivity contribution is 6.36. The molecule has 3 nitrogen and oxygen atoms in total. The average molecular weight is 358 g/mol. The summed E-state index contributed by atoms with van der Waals surface area (Å²) < 4.78 is 2.21.